The van der Waals surface area contributed by atoms with E-state index in [4.69, 9.17) is 5.14 Å². The number of hydrogen-bond acceptors (Lipinski definition) is 5. The second kappa shape index (κ2) is 3.77. The Morgan fingerprint density at radius 3 is 2.67 bits per heavy atom. The summed E-state index contributed by atoms with van der Waals surface area (Å²) in [7, 11) is -2.12. The van der Waals surface area contributed by atoms with Gasteiger partial charge in [0.25, 0.3) is 10.0 Å². The van der Waals surface area contributed by atoms with Gasteiger partial charge in [-0.1, -0.05) is 0 Å². The van der Waals surface area contributed by atoms with Gasteiger partial charge in [0.1, 0.15) is 0 Å². The lowest BCUT2D eigenvalue weighted by atomic mass is 9.74. The number of aromatic nitrogens is 2. The summed E-state index contributed by atoms with van der Waals surface area (Å²) < 4.78 is 24.3. The van der Waals surface area contributed by atoms with Crippen molar-refractivity contribution in [3.63, 3.8) is 0 Å². The average Bonchev–Trinajstić information content (AvgIpc) is 2.48. The molecule has 0 unspecified atom stereocenters. The molecule has 0 bridgehead atoms. The third-order valence-corrected chi connectivity index (χ3v) is 4.80. The van der Waals surface area contributed by atoms with Gasteiger partial charge < -0.3 is 5.32 Å². The summed E-state index contributed by atoms with van der Waals surface area (Å²) in [6.45, 7) is 4.76. The lowest BCUT2D eigenvalue weighted by Gasteiger charge is -2.56. The number of aryl methyl sites for hydroxylation is 1. The molecule has 1 spiro atoms. The zero-order valence-corrected chi connectivity index (χ0v) is 11.1. The highest BCUT2D eigenvalue weighted by molar-refractivity contribution is 7.89. The fourth-order valence-electron chi connectivity index (χ4n) is 2.90. The highest BCUT2D eigenvalue weighted by Gasteiger charge is 2.47. The second-order valence-electron chi connectivity index (χ2n) is 5.39. The van der Waals surface area contributed by atoms with E-state index in [0.717, 1.165) is 26.2 Å². The molecule has 3 N–H and O–H groups in total. The maximum absolute atomic E-state index is 11.5. The van der Waals surface area contributed by atoms with Crippen LogP contribution in [-0.4, -0.2) is 49.3 Å². The van der Waals surface area contributed by atoms with Gasteiger partial charge in [0, 0.05) is 50.7 Å². The summed E-state index contributed by atoms with van der Waals surface area (Å²) in [5.41, 5.74) is 1.12. The van der Waals surface area contributed by atoms with Gasteiger partial charge in [-0.05, 0) is 0 Å². The lowest BCUT2D eigenvalue weighted by molar-refractivity contribution is -0.0448. The number of sulfonamides is 1. The van der Waals surface area contributed by atoms with Crippen LogP contribution in [0.4, 0.5) is 0 Å². The van der Waals surface area contributed by atoms with E-state index >= 15 is 0 Å². The van der Waals surface area contributed by atoms with Gasteiger partial charge in [-0.25, -0.2) is 13.6 Å². The van der Waals surface area contributed by atoms with Gasteiger partial charge in [0.15, 0.2) is 5.03 Å². The van der Waals surface area contributed by atoms with Crippen LogP contribution in [0.25, 0.3) is 0 Å². The molecule has 0 amide bonds. The maximum atomic E-state index is 11.5. The van der Waals surface area contributed by atoms with Gasteiger partial charge in [-0.3, -0.25) is 9.58 Å². The Balaban J connectivity index is 1.74. The first kappa shape index (κ1) is 12.1. The predicted octanol–water partition coefficient (Wildman–Crippen LogP) is -1.53. The number of primary sulfonamides is 1. The molecule has 0 aliphatic carbocycles. The lowest BCUT2D eigenvalue weighted by Crippen LogP contribution is -2.70. The fraction of sp³-hybridized carbons (Fsp3) is 0.700. The summed E-state index contributed by atoms with van der Waals surface area (Å²) in [4.78, 5) is 2.23. The molecule has 0 atom stereocenters. The van der Waals surface area contributed by atoms with E-state index in [0.29, 0.717) is 17.5 Å². The maximum Gasteiger partial charge on any atom is 0.255 e. The molecule has 0 aromatic carbocycles. The Morgan fingerprint density at radius 1 is 1.50 bits per heavy atom. The van der Waals surface area contributed by atoms with Crippen LogP contribution in [0.15, 0.2) is 11.2 Å². The van der Waals surface area contributed by atoms with E-state index in [1.807, 2.05) is 0 Å². The first-order valence-electron chi connectivity index (χ1n) is 5.86. The number of nitrogens with one attached hydrogen (secondary N) is 1. The topological polar surface area (TPSA) is 93.2 Å². The van der Waals surface area contributed by atoms with Crippen LogP contribution in [-0.2, 0) is 23.6 Å². The minimum atomic E-state index is -3.71. The summed E-state index contributed by atoms with van der Waals surface area (Å²) >= 11 is 0. The Labute approximate surface area is 106 Å². The first-order chi connectivity index (χ1) is 8.40. The monoisotopic (exact) mass is 271 g/mol. The molecule has 18 heavy (non-hydrogen) atoms. The van der Waals surface area contributed by atoms with Crippen molar-refractivity contribution < 1.29 is 8.42 Å². The van der Waals surface area contributed by atoms with Crippen LogP contribution >= 0.6 is 0 Å². The van der Waals surface area contributed by atoms with Gasteiger partial charge >= 0.3 is 0 Å². The summed E-state index contributed by atoms with van der Waals surface area (Å²) in [6.07, 6.45) is 1.59. The van der Waals surface area contributed by atoms with E-state index in [-0.39, 0.29) is 5.03 Å². The molecule has 1 aromatic rings. The van der Waals surface area contributed by atoms with Crippen LogP contribution in [0.2, 0.25) is 0 Å². The number of rotatable bonds is 3. The summed E-state index contributed by atoms with van der Waals surface area (Å²) in [5, 5.41) is 12.6. The van der Waals surface area contributed by atoms with Crippen LogP contribution in [0, 0.1) is 5.41 Å². The minimum absolute atomic E-state index is 0.121. The zero-order chi connectivity index (χ0) is 13.0. The van der Waals surface area contributed by atoms with Crippen molar-refractivity contribution in [2.75, 3.05) is 26.2 Å². The zero-order valence-electron chi connectivity index (χ0n) is 10.3. The van der Waals surface area contributed by atoms with E-state index in [1.165, 1.54) is 4.68 Å². The van der Waals surface area contributed by atoms with Crippen LogP contribution in [0.5, 0.6) is 0 Å². The Hall–Kier alpha value is -0.960. The van der Waals surface area contributed by atoms with Crippen molar-refractivity contribution in [1.82, 2.24) is 20.0 Å². The Kier molecular flexibility index (Phi) is 2.53. The van der Waals surface area contributed by atoms with Crippen LogP contribution in [0.3, 0.4) is 0 Å². The molecule has 0 radical (unpaired) electrons. The molecule has 2 fully saturated rings. The summed E-state index contributed by atoms with van der Waals surface area (Å²) in [5.74, 6) is 0. The van der Waals surface area contributed by atoms with Gasteiger partial charge in [-0.2, -0.15) is 5.10 Å². The molecule has 3 heterocycles. The van der Waals surface area contributed by atoms with E-state index in [1.54, 1.807) is 13.2 Å². The molecule has 100 valence electrons. The average molecular weight is 271 g/mol. The third-order valence-electron chi connectivity index (χ3n) is 3.74. The SMILES string of the molecule is Cn1ncc(CN2CC3(CNC3)C2)c1S(N)(=O)=O. The largest absolute Gasteiger partial charge is 0.315 e. The van der Waals surface area contributed by atoms with E-state index in [2.05, 4.69) is 15.3 Å². The van der Waals surface area contributed by atoms with Gasteiger partial charge in [0.2, 0.25) is 0 Å². The molecular weight excluding hydrogens is 254 g/mol. The van der Waals surface area contributed by atoms with Crippen LogP contribution in [0.1, 0.15) is 5.56 Å². The first-order valence-corrected chi connectivity index (χ1v) is 7.41. The molecule has 8 heteroatoms. The molecule has 7 nitrogen and oxygen atoms in total. The smallest absolute Gasteiger partial charge is 0.255 e. The second-order valence-corrected chi connectivity index (χ2v) is 6.87. The van der Waals surface area contributed by atoms with Crippen LogP contribution < -0.4 is 10.5 Å². The molecule has 2 aliphatic heterocycles. The van der Waals surface area contributed by atoms with Crippen molar-refractivity contribution in [1.29, 1.82) is 0 Å². The standard InChI is InChI=1S/C10H17N5O2S/c1-14-9(18(11,16)17)8(2-13-14)3-15-6-10(7-15)4-12-5-10/h2,12H,3-7H2,1H3,(H2,11,16,17). The van der Waals surface area contributed by atoms with E-state index < -0.39 is 10.0 Å². The molecule has 2 aliphatic rings. The highest BCUT2D eigenvalue weighted by Crippen LogP contribution is 2.35. The quantitative estimate of drug-likeness (QED) is 0.696. The number of nitrogens with zero attached hydrogens (tertiary/aromatic N) is 3. The van der Waals surface area contributed by atoms with E-state index in [9.17, 15) is 8.42 Å². The molecule has 3 rings (SSSR count). The normalized spacial score (nSPS) is 22.8. The van der Waals surface area contributed by atoms with Crippen molar-refractivity contribution in [2.24, 2.45) is 17.6 Å². The Morgan fingerprint density at radius 2 is 2.17 bits per heavy atom. The number of hydrogen-bond donors (Lipinski definition) is 2. The molecule has 1 aromatic heterocycles. The van der Waals surface area contributed by atoms with Crippen molar-refractivity contribution in [2.45, 2.75) is 11.6 Å². The number of likely N-dealkylation sites (tertiary alicyclic amines) is 1. The predicted molar refractivity (Wildman–Crippen MR) is 65.2 cm³/mol. The summed E-state index contributed by atoms with van der Waals surface area (Å²) in [6, 6.07) is 0. The third kappa shape index (κ3) is 1.85. The van der Waals surface area contributed by atoms with Crippen molar-refractivity contribution >= 4 is 10.0 Å². The fourth-order valence-corrected chi connectivity index (χ4v) is 3.80. The number of nitrogens with two attached hydrogens (primary N) is 1. The Bertz CT molecular complexity index is 567. The molecule has 2 saturated heterocycles. The van der Waals surface area contributed by atoms with Gasteiger partial charge in [-0.15, -0.1) is 0 Å². The minimum Gasteiger partial charge on any atom is -0.315 e. The molecule has 0 saturated carbocycles. The molecular formula is C10H17N5O2S. The van der Waals surface area contributed by atoms with Crippen molar-refractivity contribution in [3.8, 4) is 0 Å². The van der Waals surface area contributed by atoms with Gasteiger partial charge in [0.05, 0.1) is 6.20 Å². The van der Waals surface area contributed by atoms with Crippen molar-refractivity contribution in [3.05, 3.63) is 11.8 Å². The highest BCUT2D eigenvalue weighted by atomic mass is 32.2.